The number of urea groups is 1. The van der Waals surface area contributed by atoms with Crippen LogP contribution < -0.4 is 5.32 Å². The lowest BCUT2D eigenvalue weighted by atomic mass is 10.0. The first kappa shape index (κ1) is 8.81. The molecule has 2 rings (SSSR count). The lowest BCUT2D eigenvalue weighted by Crippen LogP contribution is -2.39. The van der Waals surface area contributed by atoms with Gasteiger partial charge in [-0.05, 0) is 11.8 Å². The van der Waals surface area contributed by atoms with E-state index in [1.807, 2.05) is 19.0 Å². The van der Waals surface area contributed by atoms with Gasteiger partial charge in [-0.25, -0.2) is 4.79 Å². The molecular weight excluding hydrogens is 166 g/mol. The van der Waals surface area contributed by atoms with Crippen molar-refractivity contribution in [3.63, 3.8) is 0 Å². The fraction of sp³-hybridized carbons (Fsp3) is 0.889. The molecule has 2 amide bonds. The molecule has 2 fully saturated rings. The number of hydrogen-bond acceptors (Lipinski definition) is 2. The Kier molecular flexibility index (Phi) is 2.15. The normalized spacial score (nSPS) is 32.0. The van der Waals surface area contributed by atoms with Crippen LogP contribution in [-0.2, 0) is 0 Å². The third-order valence-electron chi connectivity index (χ3n) is 3.04. The van der Waals surface area contributed by atoms with E-state index < -0.39 is 0 Å². The molecular formula is C9H17N3O. The molecule has 2 atom stereocenters. The van der Waals surface area contributed by atoms with Gasteiger partial charge in [0, 0.05) is 40.3 Å². The van der Waals surface area contributed by atoms with Crippen molar-refractivity contribution in [2.45, 2.75) is 0 Å². The van der Waals surface area contributed by atoms with Crippen molar-refractivity contribution in [2.24, 2.45) is 11.8 Å². The molecule has 2 saturated heterocycles. The second-order valence-electron chi connectivity index (χ2n) is 4.26. The fourth-order valence-corrected chi connectivity index (χ4v) is 2.29. The molecule has 4 heteroatoms. The van der Waals surface area contributed by atoms with E-state index in [1.54, 1.807) is 4.90 Å². The average molecular weight is 183 g/mol. The van der Waals surface area contributed by atoms with Crippen molar-refractivity contribution in [1.29, 1.82) is 0 Å². The minimum atomic E-state index is 0.161. The second-order valence-corrected chi connectivity index (χ2v) is 4.26. The van der Waals surface area contributed by atoms with Crippen LogP contribution in [0.15, 0.2) is 0 Å². The molecule has 2 aliphatic rings. The molecule has 2 unspecified atom stereocenters. The number of likely N-dealkylation sites (tertiary alicyclic amines) is 1. The van der Waals surface area contributed by atoms with Gasteiger partial charge < -0.3 is 15.1 Å². The van der Waals surface area contributed by atoms with E-state index in [4.69, 9.17) is 0 Å². The molecule has 0 aliphatic carbocycles. The molecule has 0 radical (unpaired) electrons. The zero-order valence-corrected chi connectivity index (χ0v) is 8.29. The van der Waals surface area contributed by atoms with Gasteiger partial charge in [0.25, 0.3) is 0 Å². The summed E-state index contributed by atoms with van der Waals surface area (Å²) in [6, 6.07) is 0.161. The minimum absolute atomic E-state index is 0.161. The van der Waals surface area contributed by atoms with E-state index in [9.17, 15) is 4.79 Å². The Hall–Kier alpha value is -0.770. The van der Waals surface area contributed by atoms with E-state index in [0.29, 0.717) is 11.8 Å². The second kappa shape index (κ2) is 3.18. The van der Waals surface area contributed by atoms with Crippen LogP contribution in [0.1, 0.15) is 0 Å². The highest BCUT2D eigenvalue weighted by Crippen LogP contribution is 2.26. The van der Waals surface area contributed by atoms with E-state index in [0.717, 1.165) is 26.2 Å². The quantitative estimate of drug-likeness (QED) is 0.565. The molecule has 0 saturated carbocycles. The van der Waals surface area contributed by atoms with Crippen LogP contribution in [0.2, 0.25) is 0 Å². The lowest BCUT2D eigenvalue weighted by Gasteiger charge is -2.21. The van der Waals surface area contributed by atoms with Crippen molar-refractivity contribution in [1.82, 2.24) is 15.1 Å². The van der Waals surface area contributed by atoms with Gasteiger partial charge in [0.15, 0.2) is 0 Å². The SMILES string of the molecule is CN(C)C(=O)N1CC2CNCC2C1. The first-order chi connectivity index (χ1) is 6.18. The summed E-state index contributed by atoms with van der Waals surface area (Å²) in [5.41, 5.74) is 0. The number of carbonyl (C=O) groups excluding carboxylic acids is 1. The highest BCUT2D eigenvalue weighted by Gasteiger charge is 2.38. The molecule has 0 aromatic rings. The number of hydrogen-bond donors (Lipinski definition) is 1. The largest absolute Gasteiger partial charge is 0.331 e. The Morgan fingerprint density at radius 2 is 1.85 bits per heavy atom. The van der Waals surface area contributed by atoms with Crippen molar-refractivity contribution in [3.8, 4) is 0 Å². The third kappa shape index (κ3) is 1.50. The van der Waals surface area contributed by atoms with Gasteiger partial charge >= 0.3 is 6.03 Å². The van der Waals surface area contributed by atoms with Crippen molar-refractivity contribution in [2.75, 3.05) is 40.3 Å². The first-order valence-corrected chi connectivity index (χ1v) is 4.85. The fourth-order valence-electron chi connectivity index (χ4n) is 2.29. The molecule has 2 heterocycles. The smallest absolute Gasteiger partial charge is 0.319 e. The summed E-state index contributed by atoms with van der Waals surface area (Å²) in [7, 11) is 3.63. The van der Waals surface area contributed by atoms with Crippen LogP contribution in [0, 0.1) is 11.8 Å². The van der Waals surface area contributed by atoms with Gasteiger partial charge in [-0.2, -0.15) is 0 Å². The van der Waals surface area contributed by atoms with Gasteiger partial charge in [-0.1, -0.05) is 0 Å². The maximum atomic E-state index is 11.6. The van der Waals surface area contributed by atoms with Gasteiger partial charge in [-0.3, -0.25) is 0 Å². The average Bonchev–Trinajstić information content (AvgIpc) is 2.59. The van der Waals surface area contributed by atoms with Crippen molar-refractivity contribution in [3.05, 3.63) is 0 Å². The first-order valence-electron chi connectivity index (χ1n) is 4.85. The number of fused-ring (bicyclic) bond motifs is 1. The summed E-state index contributed by atoms with van der Waals surface area (Å²) >= 11 is 0. The Bertz CT molecular complexity index is 205. The summed E-state index contributed by atoms with van der Waals surface area (Å²) in [6.07, 6.45) is 0. The highest BCUT2D eigenvalue weighted by atomic mass is 16.2. The lowest BCUT2D eigenvalue weighted by molar-refractivity contribution is 0.178. The van der Waals surface area contributed by atoms with Gasteiger partial charge in [0.2, 0.25) is 0 Å². The zero-order valence-electron chi connectivity index (χ0n) is 8.29. The predicted octanol–water partition coefficient (Wildman–Crippen LogP) is -0.181. The van der Waals surface area contributed by atoms with Gasteiger partial charge in [0.1, 0.15) is 0 Å². The van der Waals surface area contributed by atoms with E-state index in [1.165, 1.54) is 0 Å². The van der Waals surface area contributed by atoms with Crippen LogP contribution in [-0.4, -0.2) is 56.1 Å². The van der Waals surface area contributed by atoms with Crippen LogP contribution in [0.25, 0.3) is 0 Å². The standard InChI is InChI=1S/C9H17N3O/c1-11(2)9(13)12-5-7-3-10-4-8(7)6-12/h7-8,10H,3-6H2,1-2H3. The van der Waals surface area contributed by atoms with Crippen LogP contribution >= 0.6 is 0 Å². The van der Waals surface area contributed by atoms with Gasteiger partial charge in [-0.15, -0.1) is 0 Å². The summed E-state index contributed by atoms with van der Waals surface area (Å²) in [6.45, 7) is 4.05. The predicted molar refractivity (Wildman–Crippen MR) is 50.5 cm³/mol. The van der Waals surface area contributed by atoms with Crippen LogP contribution in [0.5, 0.6) is 0 Å². The monoisotopic (exact) mass is 183 g/mol. The zero-order chi connectivity index (χ0) is 9.42. The Balaban J connectivity index is 1.95. The number of nitrogens with one attached hydrogen (secondary N) is 1. The molecule has 0 aromatic carbocycles. The highest BCUT2D eigenvalue weighted by molar-refractivity contribution is 5.74. The molecule has 0 aromatic heterocycles. The Labute approximate surface area is 78.9 Å². The van der Waals surface area contributed by atoms with Crippen LogP contribution in [0.4, 0.5) is 4.79 Å². The molecule has 0 bridgehead atoms. The number of nitrogens with zero attached hydrogens (tertiary/aromatic N) is 2. The Morgan fingerprint density at radius 1 is 1.31 bits per heavy atom. The van der Waals surface area contributed by atoms with Crippen molar-refractivity contribution < 1.29 is 4.79 Å². The summed E-state index contributed by atoms with van der Waals surface area (Å²) in [4.78, 5) is 15.2. The molecule has 13 heavy (non-hydrogen) atoms. The minimum Gasteiger partial charge on any atom is -0.331 e. The summed E-state index contributed by atoms with van der Waals surface area (Å²) < 4.78 is 0. The topological polar surface area (TPSA) is 35.6 Å². The number of amides is 2. The molecule has 4 nitrogen and oxygen atoms in total. The summed E-state index contributed by atoms with van der Waals surface area (Å²) in [5, 5.41) is 3.36. The molecule has 1 N–H and O–H groups in total. The Morgan fingerprint density at radius 3 is 2.31 bits per heavy atom. The number of rotatable bonds is 0. The summed E-state index contributed by atoms with van der Waals surface area (Å²) in [5.74, 6) is 1.40. The maximum absolute atomic E-state index is 11.6. The molecule has 2 aliphatic heterocycles. The van der Waals surface area contributed by atoms with E-state index in [-0.39, 0.29) is 6.03 Å². The maximum Gasteiger partial charge on any atom is 0.319 e. The third-order valence-corrected chi connectivity index (χ3v) is 3.04. The van der Waals surface area contributed by atoms with E-state index in [2.05, 4.69) is 5.32 Å². The molecule has 0 spiro atoms. The van der Waals surface area contributed by atoms with Crippen molar-refractivity contribution >= 4 is 6.03 Å². The van der Waals surface area contributed by atoms with Gasteiger partial charge in [0.05, 0.1) is 0 Å². The number of carbonyl (C=O) groups is 1. The molecule has 74 valence electrons. The van der Waals surface area contributed by atoms with Crippen LogP contribution in [0.3, 0.4) is 0 Å². The van der Waals surface area contributed by atoms with E-state index >= 15 is 0 Å².